The SMILES string of the molecule is Cc1ccc(CCNC(=O)[C@@H](NC(=O)O)C(C)C)cc1. The lowest BCUT2D eigenvalue weighted by Gasteiger charge is -2.20. The van der Waals surface area contributed by atoms with Crippen molar-refractivity contribution in [2.75, 3.05) is 6.54 Å². The number of carbonyl (C=O) groups is 2. The fourth-order valence-corrected chi connectivity index (χ4v) is 1.86. The first-order valence-electron chi connectivity index (χ1n) is 6.73. The molecule has 0 aliphatic carbocycles. The lowest BCUT2D eigenvalue weighted by molar-refractivity contribution is -0.123. The minimum Gasteiger partial charge on any atom is -0.465 e. The van der Waals surface area contributed by atoms with Crippen LogP contribution >= 0.6 is 0 Å². The van der Waals surface area contributed by atoms with Gasteiger partial charge in [0.2, 0.25) is 5.91 Å². The molecule has 1 atom stereocenters. The molecular weight excluding hydrogens is 256 g/mol. The molecular formula is C15H22N2O3. The molecule has 5 heteroatoms. The van der Waals surface area contributed by atoms with E-state index in [1.807, 2.05) is 31.2 Å². The second-order valence-corrected chi connectivity index (χ2v) is 5.20. The summed E-state index contributed by atoms with van der Waals surface area (Å²) < 4.78 is 0. The van der Waals surface area contributed by atoms with Crippen LogP contribution in [0.4, 0.5) is 4.79 Å². The number of carboxylic acid groups (broad SMARTS) is 1. The standard InChI is InChI=1S/C15H22N2O3/c1-10(2)13(17-15(19)20)14(18)16-9-8-12-6-4-11(3)5-7-12/h4-7,10,13,17H,8-9H2,1-3H3,(H,16,18)(H,19,20)/t13-/m0/s1. The van der Waals surface area contributed by atoms with Crippen LogP contribution in [0, 0.1) is 12.8 Å². The maximum absolute atomic E-state index is 11.9. The number of amides is 2. The molecule has 0 aliphatic heterocycles. The Morgan fingerprint density at radius 1 is 1.20 bits per heavy atom. The summed E-state index contributed by atoms with van der Waals surface area (Å²) in [5, 5.41) is 13.7. The zero-order valence-electron chi connectivity index (χ0n) is 12.1. The summed E-state index contributed by atoms with van der Waals surface area (Å²) in [5.74, 6) is -0.375. The maximum atomic E-state index is 11.9. The van der Waals surface area contributed by atoms with Crippen molar-refractivity contribution in [3.63, 3.8) is 0 Å². The number of rotatable bonds is 6. The Hall–Kier alpha value is -2.04. The highest BCUT2D eigenvalue weighted by molar-refractivity contribution is 5.85. The van der Waals surface area contributed by atoms with Crippen LogP contribution in [0.3, 0.4) is 0 Å². The Morgan fingerprint density at radius 2 is 1.80 bits per heavy atom. The summed E-state index contributed by atoms with van der Waals surface area (Å²) >= 11 is 0. The van der Waals surface area contributed by atoms with Crippen molar-refractivity contribution < 1.29 is 14.7 Å². The van der Waals surface area contributed by atoms with E-state index in [0.717, 1.165) is 12.0 Å². The summed E-state index contributed by atoms with van der Waals surface area (Å²) in [6, 6.07) is 7.39. The van der Waals surface area contributed by atoms with Crippen molar-refractivity contribution in [3.05, 3.63) is 35.4 Å². The largest absolute Gasteiger partial charge is 0.465 e. The van der Waals surface area contributed by atoms with E-state index in [4.69, 9.17) is 5.11 Å². The minimum absolute atomic E-state index is 0.0922. The highest BCUT2D eigenvalue weighted by Gasteiger charge is 2.23. The molecule has 0 heterocycles. The third-order valence-corrected chi connectivity index (χ3v) is 3.06. The molecule has 0 saturated heterocycles. The quantitative estimate of drug-likeness (QED) is 0.744. The Bertz CT molecular complexity index is 455. The van der Waals surface area contributed by atoms with Crippen LogP contribution in [0.5, 0.6) is 0 Å². The van der Waals surface area contributed by atoms with Gasteiger partial charge in [-0.25, -0.2) is 4.79 Å². The second kappa shape index (κ2) is 7.53. The van der Waals surface area contributed by atoms with Gasteiger partial charge in [-0.2, -0.15) is 0 Å². The topological polar surface area (TPSA) is 78.4 Å². The van der Waals surface area contributed by atoms with E-state index < -0.39 is 12.1 Å². The molecule has 110 valence electrons. The molecule has 0 radical (unpaired) electrons. The van der Waals surface area contributed by atoms with Gasteiger partial charge >= 0.3 is 6.09 Å². The molecule has 1 aromatic carbocycles. The van der Waals surface area contributed by atoms with Gasteiger partial charge in [0, 0.05) is 6.54 Å². The molecule has 3 N–H and O–H groups in total. The second-order valence-electron chi connectivity index (χ2n) is 5.20. The first kappa shape index (κ1) is 16.0. The van der Waals surface area contributed by atoms with Gasteiger partial charge in [-0.1, -0.05) is 43.7 Å². The van der Waals surface area contributed by atoms with E-state index >= 15 is 0 Å². The normalized spacial score (nSPS) is 12.0. The molecule has 0 aliphatic rings. The van der Waals surface area contributed by atoms with E-state index in [-0.39, 0.29) is 11.8 Å². The van der Waals surface area contributed by atoms with E-state index in [1.165, 1.54) is 5.56 Å². The lowest BCUT2D eigenvalue weighted by atomic mass is 10.0. The van der Waals surface area contributed by atoms with Gasteiger partial charge in [-0.15, -0.1) is 0 Å². The van der Waals surface area contributed by atoms with E-state index in [9.17, 15) is 9.59 Å². The van der Waals surface area contributed by atoms with Crippen molar-refractivity contribution in [3.8, 4) is 0 Å². The third kappa shape index (κ3) is 5.30. The molecule has 0 spiro atoms. The third-order valence-electron chi connectivity index (χ3n) is 3.06. The fraction of sp³-hybridized carbons (Fsp3) is 0.467. The zero-order valence-corrected chi connectivity index (χ0v) is 12.1. The van der Waals surface area contributed by atoms with Crippen LogP contribution in [0.15, 0.2) is 24.3 Å². The molecule has 0 fully saturated rings. The average molecular weight is 278 g/mol. The van der Waals surface area contributed by atoms with Gasteiger partial charge in [0.15, 0.2) is 0 Å². The predicted molar refractivity (Wildman–Crippen MR) is 77.7 cm³/mol. The van der Waals surface area contributed by atoms with Crippen molar-refractivity contribution >= 4 is 12.0 Å². The summed E-state index contributed by atoms with van der Waals surface area (Å²) in [6.45, 7) is 6.13. The van der Waals surface area contributed by atoms with Crippen molar-refractivity contribution in [2.45, 2.75) is 33.2 Å². The Balaban J connectivity index is 2.44. The first-order valence-corrected chi connectivity index (χ1v) is 6.73. The van der Waals surface area contributed by atoms with Gasteiger partial charge in [0.1, 0.15) is 6.04 Å². The van der Waals surface area contributed by atoms with Gasteiger partial charge in [-0.05, 0) is 24.8 Å². The number of carbonyl (C=O) groups excluding carboxylic acids is 1. The number of aryl methyl sites for hydroxylation is 1. The number of benzene rings is 1. The lowest BCUT2D eigenvalue weighted by Crippen LogP contribution is -2.49. The molecule has 20 heavy (non-hydrogen) atoms. The molecule has 0 unspecified atom stereocenters. The number of hydrogen-bond acceptors (Lipinski definition) is 2. The van der Waals surface area contributed by atoms with Crippen LogP contribution < -0.4 is 10.6 Å². The Morgan fingerprint density at radius 3 is 2.30 bits per heavy atom. The summed E-state index contributed by atoms with van der Waals surface area (Å²) in [6.07, 6.45) is -0.457. The monoisotopic (exact) mass is 278 g/mol. The van der Waals surface area contributed by atoms with Crippen molar-refractivity contribution in [1.82, 2.24) is 10.6 Å². The molecule has 1 rings (SSSR count). The summed E-state index contributed by atoms with van der Waals surface area (Å²) in [4.78, 5) is 22.6. The van der Waals surface area contributed by atoms with E-state index in [1.54, 1.807) is 13.8 Å². The van der Waals surface area contributed by atoms with Gasteiger partial charge in [0.05, 0.1) is 0 Å². The van der Waals surface area contributed by atoms with Gasteiger partial charge < -0.3 is 15.7 Å². The maximum Gasteiger partial charge on any atom is 0.405 e. The number of nitrogens with one attached hydrogen (secondary N) is 2. The summed E-state index contributed by atoms with van der Waals surface area (Å²) in [5.41, 5.74) is 2.34. The first-order chi connectivity index (χ1) is 9.40. The highest BCUT2D eigenvalue weighted by Crippen LogP contribution is 2.04. The van der Waals surface area contributed by atoms with Crippen LogP contribution in [0.2, 0.25) is 0 Å². The molecule has 0 aromatic heterocycles. The summed E-state index contributed by atoms with van der Waals surface area (Å²) in [7, 11) is 0. The number of hydrogen-bond donors (Lipinski definition) is 3. The Kier molecular flexibility index (Phi) is 6.03. The average Bonchev–Trinajstić information content (AvgIpc) is 2.37. The van der Waals surface area contributed by atoms with Crippen molar-refractivity contribution in [1.29, 1.82) is 0 Å². The molecule has 0 bridgehead atoms. The van der Waals surface area contributed by atoms with Gasteiger partial charge in [0.25, 0.3) is 0 Å². The molecule has 2 amide bonds. The molecule has 1 aromatic rings. The van der Waals surface area contributed by atoms with Crippen LogP contribution in [-0.4, -0.2) is 29.7 Å². The van der Waals surface area contributed by atoms with Crippen LogP contribution in [-0.2, 0) is 11.2 Å². The van der Waals surface area contributed by atoms with Gasteiger partial charge in [-0.3, -0.25) is 4.79 Å². The fourth-order valence-electron chi connectivity index (χ4n) is 1.86. The predicted octanol–water partition coefficient (Wildman–Crippen LogP) is 1.95. The van der Waals surface area contributed by atoms with Crippen LogP contribution in [0.25, 0.3) is 0 Å². The van der Waals surface area contributed by atoms with E-state index in [2.05, 4.69) is 10.6 Å². The van der Waals surface area contributed by atoms with E-state index in [0.29, 0.717) is 6.54 Å². The smallest absolute Gasteiger partial charge is 0.405 e. The Labute approximate surface area is 119 Å². The zero-order chi connectivity index (χ0) is 15.1. The molecule has 5 nitrogen and oxygen atoms in total. The van der Waals surface area contributed by atoms with Crippen LogP contribution in [0.1, 0.15) is 25.0 Å². The molecule has 0 saturated carbocycles. The van der Waals surface area contributed by atoms with Crippen molar-refractivity contribution in [2.24, 2.45) is 5.92 Å². The highest BCUT2D eigenvalue weighted by atomic mass is 16.4. The minimum atomic E-state index is -1.18.